The van der Waals surface area contributed by atoms with Gasteiger partial charge in [-0.1, -0.05) is 25.1 Å². The average molecular weight is 278 g/mol. The molecule has 0 spiro atoms. The molecule has 1 aromatic carbocycles. The highest BCUT2D eigenvalue weighted by molar-refractivity contribution is 7.09. The van der Waals surface area contributed by atoms with Gasteiger partial charge in [0.2, 0.25) is 0 Å². The van der Waals surface area contributed by atoms with Crippen molar-refractivity contribution in [2.75, 3.05) is 0 Å². The number of nitrogens with zero attached hydrogens (tertiary/aromatic N) is 1. The Morgan fingerprint density at radius 2 is 2.11 bits per heavy atom. The van der Waals surface area contributed by atoms with Crippen LogP contribution in [0.25, 0.3) is 0 Å². The van der Waals surface area contributed by atoms with Gasteiger partial charge in [0, 0.05) is 22.7 Å². The molecule has 4 heteroatoms. The van der Waals surface area contributed by atoms with Crippen LogP contribution < -0.4 is 5.32 Å². The predicted octanol–water partition coefficient (Wildman–Crippen LogP) is 4.39. The van der Waals surface area contributed by atoms with Crippen LogP contribution in [0.1, 0.15) is 48.6 Å². The van der Waals surface area contributed by atoms with Gasteiger partial charge in [-0.15, -0.1) is 11.3 Å². The van der Waals surface area contributed by atoms with Crippen LogP contribution in [0.15, 0.2) is 29.6 Å². The monoisotopic (exact) mass is 278 g/mol. The normalized spacial score (nSPS) is 14.3. The second-order valence-electron chi connectivity index (χ2n) is 4.70. The van der Waals surface area contributed by atoms with Gasteiger partial charge in [0.25, 0.3) is 0 Å². The number of hydrogen-bond acceptors (Lipinski definition) is 3. The first kappa shape index (κ1) is 14.2. The molecule has 102 valence electrons. The van der Waals surface area contributed by atoms with Crippen LogP contribution in [-0.2, 0) is 0 Å². The molecule has 2 rings (SSSR count). The van der Waals surface area contributed by atoms with Crippen LogP contribution in [0.2, 0.25) is 0 Å². The number of thiazole rings is 1. The fraction of sp³-hybridized carbons (Fsp3) is 0.400. The summed E-state index contributed by atoms with van der Waals surface area (Å²) in [6, 6.07) is 7.09. The maximum Gasteiger partial charge on any atom is 0.127 e. The highest BCUT2D eigenvalue weighted by Gasteiger charge is 2.18. The standard InChI is InChI=1S/C15H19FN2S/c1-4-14(12-7-5-6-8-13(12)16)18-11(3)15-17-10(2)9-19-15/h5-9,11,14,18H,4H2,1-3H3. The first-order valence-electron chi connectivity index (χ1n) is 6.54. The molecule has 2 nitrogen and oxygen atoms in total. The summed E-state index contributed by atoms with van der Waals surface area (Å²) in [7, 11) is 0. The lowest BCUT2D eigenvalue weighted by atomic mass is 10.0. The molecule has 0 aliphatic rings. The van der Waals surface area contributed by atoms with E-state index < -0.39 is 0 Å². The minimum Gasteiger partial charge on any atom is -0.301 e. The van der Waals surface area contributed by atoms with E-state index in [1.54, 1.807) is 17.4 Å². The van der Waals surface area contributed by atoms with Gasteiger partial charge in [-0.2, -0.15) is 0 Å². The topological polar surface area (TPSA) is 24.9 Å². The van der Waals surface area contributed by atoms with Crippen molar-refractivity contribution in [2.24, 2.45) is 0 Å². The lowest BCUT2D eigenvalue weighted by Gasteiger charge is -2.21. The van der Waals surface area contributed by atoms with Crippen LogP contribution in [0.3, 0.4) is 0 Å². The highest BCUT2D eigenvalue weighted by atomic mass is 32.1. The smallest absolute Gasteiger partial charge is 0.127 e. The van der Waals surface area contributed by atoms with Crippen LogP contribution in [0.5, 0.6) is 0 Å². The van der Waals surface area contributed by atoms with Crippen molar-refractivity contribution in [3.05, 3.63) is 51.7 Å². The van der Waals surface area contributed by atoms with Gasteiger partial charge in [-0.3, -0.25) is 0 Å². The zero-order valence-electron chi connectivity index (χ0n) is 11.5. The Morgan fingerprint density at radius 1 is 1.37 bits per heavy atom. The maximum atomic E-state index is 13.8. The van der Waals surface area contributed by atoms with Crippen LogP contribution in [0.4, 0.5) is 4.39 Å². The van der Waals surface area contributed by atoms with E-state index in [0.717, 1.165) is 22.7 Å². The Hall–Kier alpha value is -1.26. The molecular formula is C15H19FN2S. The fourth-order valence-corrected chi connectivity index (χ4v) is 2.94. The summed E-state index contributed by atoms with van der Waals surface area (Å²) in [5, 5.41) is 6.55. The number of aromatic nitrogens is 1. The molecule has 0 aliphatic carbocycles. The molecule has 0 bridgehead atoms. The summed E-state index contributed by atoms with van der Waals surface area (Å²) in [4.78, 5) is 4.48. The van der Waals surface area contributed by atoms with Crippen molar-refractivity contribution >= 4 is 11.3 Å². The largest absolute Gasteiger partial charge is 0.301 e. The molecule has 0 radical (unpaired) electrons. The number of aryl methyl sites for hydroxylation is 1. The molecule has 0 saturated heterocycles. The van der Waals surface area contributed by atoms with Crippen molar-refractivity contribution in [2.45, 2.75) is 39.3 Å². The Balaban J connectivity index is 2.13. The van der Waals surface area contributed by atoms with E-state index in [1.165, 1.54) is 6.07 Å². The van der Waals surface area contributed by atoms with Gasteiger partial charge < -0.3 is 5.32 Å². The SMILES string of the molecule is CCC(NC(C)c1nc(C)cs1)c1ccccc1F. The number of rotatable bonds is 5. The van der Waals surface area contributed by atoms with Gasteiger partial charge in [-0.25, -0.2) is 9.37 Å². The molecule has 2 unspecified atom stereocenters. The zero-order valence-corrected chi connectivity index (χ0v) is 12.3. The van der Waals surface area contributed by atoms with Crippen LogP contribution in [0, 0.1) is 12.7 Å². The second-order valence-corrected chi connectivity index (χ2v) is 5.59. The highest BCUT2D eigenvalue weighted by Crippen LogP contribution is 2.25. The summed E-state index contributed by atoms with van der Waals surface area (Å²) < 4.78 is 13.8. The van der Waals surface area contributed by atoms with Crippen molar-refractivity contribution < 1.29 is 4.39 Å². The van der Waals surface area contributed by atoms with E-state index in [2.05, 4.69) is 24.1 Å². The van der Waals surface area contributed by atoms with Crippen molar-refractivity contribution in [3.8, 4) is 0 Å². The van der Waals surface area contributed by atoms with Gasteiger partial charge in [0.1, 0.15) is 10.8 Å². The van der Waals surface area contributed by atoms with E-state index in [9.17, 15) is 4.39 Å². The molecule has 0 aliphatic heterocycles. The molecular weight excluding hydrogens is 259 g/mol. The van der Waals surface area contributed by atoms with Gasteiger partial charge in [0.15, 0.2) is 0 Å². The lowest BCUT2D eigenvalue weighted by Crippen LogP contribution is -2.25. The summed E-state index contributed by atoms with van der Waals surface area (Å²) in [6.07, 6.45) is 0.843. The summed E-state index contributed by atoms with van der Waals surface area (Å²) in [5.41, 5.74) is 1.76. The van der Waals surface area contributed by atoms with Crippen molar-refractivity contribution in [1.29, 1.82) is 0 Å². The molecule has 1 N–H and O–H groups in total. The Morgan fingerprint density at radius 3 is 2.68 bits per heavy atom. The van der Waals surface area contributed by atoms with Gasteiger partial charge in [0.05, 0.1) is 6.04 Å². The van der Waals surface area contributed by atoms with Crippen molar-refractivity contribution in [1.82, 2.24) is 10.3 Å². The quantitative estimate of drug-likeness (QED) is 0.877. The number of benzene rings is 1. The van der Waals surface area contributed by atoms with E-state index >= 15 is 0 Å². The van der Waals surface area contributed by atoms with E-state index in [-0.39, 0.29) is 17.9 Å². The van der Waals surface area contributed by atoms with Gasteiger partial charge >= 0.3 is 0 Å². The third-order valence-corrected chi connectivity index (χ3v) is 4.29. The molecule has 0 fully saturated rings. The van der Waals surface area contributed by atoms with E-state index in [4.69, 9.17) is 0 Å². The molecule has 1 heterocycles. The van der Waals surface area contributed by atoms with E-state index in [1.807, 2.05) is 24.4 Å². The third kappa shape index (κ3) is 3.39. The fourth-order valence-electron chi connectivity index (χ4n) is 2.13. The molecule has 2 aromatic rings. The first-order valence-corrected chi connectivity index (χ1v) is 7.42. The molecule has 0 saturated carbocycles. The molecule has 0 amide bonds. The molecule has 2 atom stereocenters. The van der Waals surface area contributed by atoms with Crippen LogP contribution in [-0.4, -0.2) is 4.98 Å². The zero-order chi connectivity index (χ0) is 13.8. The molecule has 19 heavy (non-hydrogen) atoms. The lowest BCUT2D eigenvalue weighted by molar-refractivity contribution is 0.438. The summed E-state index contributed by atoms with van der Waals surface area (Å²) >= 11 is 1.64. The maximum absolute atomic E-state index is 13.8. The number of hydrogen-bond donors (Lipinski definition) is 1. The summed E-state index contributed by atoms with van der Waals surface area (Å²) in [6.45, 7) is 6.12. The third-order valence-electron chi connectivity index (χ3n) is 3.15. The Bertz CT molecular complexity index is 538. The minimum absolute atomic E-state index is 0.0143. The number of halogens is 1. The van der Waals surface area contributed by atoms with Gasteiger partial charge in [-0.05, 0) is 26.3 Å². The average Bonchev–Trinajstić information content (AvgIpc) is 2.83. The molecule has 1 aromatic heterocycles. The van der Waals surface area contributed by atoms with E-state index in [0.29, 0.717) is 0 Å². The Labute approximate surface area is 117 Å². The van der Waals surface area contributed by atoms with Crippen LogP contribution >= 0.6 is 11.3 Å². The Kier molecular flexibility index (Phi) is 4.66. The second kappa shape index (κ2) is 6.26. The number of nitrogens with one attached hydrogen (secondary N) is 1. The van der Waals surface area contributed by atoms with Crippen molar-refractivity contribution in [3.63, 3.8) is 0 Å². The minimum atomic E-state index is -0.149. The predicted molar refractivity (Wildman–Crippen MR) is 77.8 cm³/mol. The summed E-state index contributed by atoms with van der Waals surface area (Å²) in [5.74, 6) is -0.149. The first-order chi connectivity index (χ1) is 9.11.